The summed E-state index contributed by atoms with van der Waals surface area (Å²) >= 11 is 1.14. The number of aryl methyl sites for hydroxylation is 1. The Balaban J connectivity index is 1.48. The lowest BCUT2D eigenvalue weighted by atomic mass is 10.2. The monoisotopic (exact) mass is 360 g/mol. The molecule has 1 aromatic carbocycles. The van der Waals surface area contributed by atoms with Crippen LogP contribution in [0.5, 0.6) is 0 Å². The molecule has 1 aromatic heterocycles. The Hall–Kier alpha value is -2.61. The predicted molar refractivity (Wildman–Crippen MR) is 98.2 cm³/mol. The van der Waals surface area contributed by atoms with Gasteiger partial charge in [-0.25, -0.2) is 4.79 Å². The molecule has 1 aliphatic carbocycles. The van der Waals surface area contributed by atoms with Crippen molar-refractivity contribution in [2.45, 2.75) is 38.8 Å². The minimum atomic E-state index is -0.212. The Morgan fingerprint density at radius 3 is 2.36 bits per heavy atom. The molecule has 3 N–H and O–H groups in total. The van der Waals surface area contributed by atoms with E-state index in [2.05, 4.69) is 16.0 Å². The van der Waals surface area contributed by atoms with Crippen LogP contribution < -0.4 is 20.8 Å². The summed E-state index contributed by atoms with van der Waals surface area (Å²) in [5.74, 6) is -0.162. The molecule has 3 rings (SSSR count). The minimum Gasteiger partial charge on any atom is -0.335 e. The summed E-state index contributed by atoms with van der Waals surface area (Å²) in [7, 11) is 0. The quantitative estimate of drug-likeness (QED) is 0.739. The maximum atomic E-state index is 12.0. The standard InChI is InChI=1S/C17H20N4O3S/c1-11-10-25-17(24)21(11)9-8-15(22)18-12-2-4-13(5-3-12)19-16(23)20-14-6-7-14/h2-5,10,14H,6-9H2,1H3,(H,18,22)(H2,19,20,23). The van der Waals surface area contributed by atoms with E-state index in [-0.39, 0.29) is 23.2 Å². The van der Waals surface area contributed by atoms with Crippen LogP contribution in [0.4, 0.5) is 16.2 Å². The predicted octanol–water partition coefficient (Wildman–Crippen LogP) is 2.53. The van der Waals surface area contributed by atoms with E-state index in [4.69, 9.17) is 0 Å². The second-order valence-corrected chi connectivity index (χ2v) is 6.86. The molecule has 8 heteroatoms. The molecule has 2 aromatic rings. The number of nitrogens with zero attached hydrogens (tertiary/aromatic N) is 1. The summed E-state index contributed by atoms with van der Waals surface area (Å²) < 4.78 is 1.59. The third-order valence-electron chi connectivity index (χ3n) is 3.88. The molecule has 3 amide bonds. The molecule has 0 aliphatic heterocycles. The molecule has 1 heterocycles. The molecule has 0 unspecified atom stereocenters. The molecule has 1 saturated carbocycles. The third-order valence-corrected chi connectivity index (χ3v) is 4.76. The first kappa shape index (κ1) is 17.2. The number of hydrogen-bond acceptors (Lipinski definition) is 4. The largest absolute Gasteiger partial charge is 0.335 e. The Bertz CT molecular complexity index is 821. The zero-order valence-electron chi connectivity index (χ0n) is 13.9. The molecule has 25 heavy (non-hydrogen) atoms. The maximum absolute atomic E-state index is 12.0. The van der Waals surface area contributed by atoms with Crippen LogP contribution in [0.3, 0.4) is 0 Å². The molecule has 132 valence electrons. The molecular formula is C17H20N4O3S. The lowest BCUT2D eigenvalue weighted by molar-refractivity contribution is -0.116. The van der Waals surface area contributed by atoms with Crippen LogP contribution in [0.1, 0.15) is 25.0 Å². The van der Waals surface area contributed by atoms with Crippen molar-refractivity contribution in [3.63, 3.8) is 0 Å². The van der Waals surface area contributed by atoms with E-state index in [1.54, 1.807) is 34.2 Å². The average Bonchev–Trinajstić information content (AvgIpc) is 3.32. The fourth-order valence-electron chi connectivity index (χ4n) is 2.33. The summed E-state index contributed by atoms with van der Waals surface area (Å²) in [5.41, 5.74) is 2.17. The van der Waals surface area contributed by atoms with Gasteiger partial charge in [0.2, 0.25) is 5.91 Å². The first-order chi connectivity index (χ1) is 12.0. The first-order valence-electron chi connectivity index (χ1n) is 8.13. The lowest BCUT2D eigenvalue weighted by Gasteiger charge is -2.09. The zero-order valence-corrected chi connectivity index (χ0v) is 14.7. The van der Waals surface area contributed by atoms with E-state index < -0.39 is 0 Å². The van der Waals surface area contributed by atoms with Gasteiger partial charge in [-0.2, -0.15) is 0 Å². The number of urea groups is 1. The van der Waals surface area contributed by atoms with Crippen molar-refractivity contribution in [3.05, 3.63) is 45.0 Å². The Morgan fingerprint density at radius 1 is 1.16 bits per heavy atom. The highest BCUT2D eigenvalue weighted by molar-refractivity contribution is 7.07. The van der Waals surface area contributed by atoms with Gasteiger partial charge in [-0.15, -0.1) is 0 Å². The molecule has 1 fully saturated rings. The van der Waals surface area contributed by atoms with Crippen molar-refractivity contribution in [1.29, 1.82) is 0 Å². The number of carbonyl (C=O) groups excluding carboxylic acids is 2. The van der Waals surface area contributed by atoms with Crippen molar-refractivity contribution >= 4 is 34.6 Å². The van der Waals surface area contributed by atoms with Crippen molar-refractivity contribution in [3.8, 4) is 0 Å². The van der Waals surface area contributed by atoms with Gasteiger partial charge in [0.1, 0.15) is 0 Å². The topological polar surface area (TPSA) is 92.2 Å². The van der Waals surface area contributed by atoms with Gasteiger partial charge in [-0.3, -0.25) is 9.59 Å². The van der Waals surface area contributed by atoms with Crippen LogP contribution in [0.15, 0.2) is 34.4 Å². The number of amides is 3. The zero-order chi connectivity index (χ0) is 17.8. The van der Waals surface area contributed by atoms with Crippen molar-refractivity contribution in [2.75, 3.05) is 10.6 Å². The van der Waals surface area contributed by atoms with Crippen molar-refractivity contribution in [1.82, 2.24) is 9.88 Å². The third kappa shape index (κ3) is 4.93. The van der Waals surface area contributed by atoms with Gasteiger partial charge in [-0.1, -0.05) is 11.3 Å². The smallest absolute Gasteiger partial charge is 0.319 e. The summed E-state index contributed by atoms with van der Waals surface area (Å²) in [5, 5.41) is 10.2. The van der Waals surface area contributed by atoms with E-state index in [9.17, 15) is 14.4 Å². The van der Waals surface area contributed by atoms with Gasteiger partial charge in [0.15, 0.2) is 0 Å². The number of thiazole rings is 1. The molecule has 0 atom stereocenters. The fourth-order valence-corrected chi connectivity index (χ4v) is 3.09. The highest BCUT2D eigenvalue weighted by Crippen LogP contribution is 2.19. The number of rotatable bonds is 6. The summed E-state index contributed by atoms with van der Waals surface area (Å²) in [6.07, 6.45) is 2.30. The molecule has 7 nitrogen and oxygen atoms in total. The van der Waals surface area contributed by atoms with Gasteiger partial charge in [0.05, 0.1) is 0 Å². The number of benzene rings is 1. The molecule has 0 bridgehead atoms. The Labute approximate surface area is 149 Å². The normalized spacial score (nSPS) is 13.3. The minimum absolute atomic E-state index is 0.0507. The van der Waals surface area contributed by atoms with E-state index in [1.165, 1.54) is 0 Å². The van der Waals surface area contributed by atoms with Crippen LogP contribution >= 0.6 is 11.3 Å². The molecule has 0 spiro atoms. The summed E-state index contributed by atoms with van der Waals surface area (Å²) in [6, 6.07) is 7.01. The molecule has 1 aliphatic rings. The Kier molecular flexibility index (Phi) is 5.18. The molecular weight excluding hydrogens is 340 g/mol. The molecule has 0 radical (unpaired) electrons. The number of carbonyl (C=O) groups is 2. The van der Waals surface area contributed by atoms with E-state index >= 15 is 0 Å². The van der Waals surface area contributed by atoms with Gasteiger partial charge in [-0.05, 0) is 44.0 Å². The van der Waals surface area contributed by atoms with Crippen LogP contribution in [-0.2, 0) is 11.3 Å². The maximum Gasteiger partial charge on any atom is 0.319 e. The average molecular weight is 360 g/mol. The van der Waals surface area contributed by atoms with Crippen LogP contribution in [0, 0.1) is 6.92 Å². The van der Waals surface area contributed by atoms with Crippen molar-refractivity contribution < 1.29 is 9.59 Å². The second kappa shape index (κ2) is 7.52. The van der Waals surface area contributed by atoms with Crippen LogP contribution in [0.2, 0.25) is 0 Å². The van der Waals surface area contributed by atoms with Gasteiger partial charge >= 0.3 is 10.9 Å². The van der Waals surface area contributed by atoms with Crippen LogP contribution in [-0.4, -0.2) is 22.5 Å². The molecule has 0 saturated heterocycles. The van der Waals surface area contributed by atoms with Gasteiger partial charge < -0.3 is 20.5 Å². The van der Waals surface area contributed by atoms with E-state index in [0.717, 1.165) is 29.9 Å². The lowest BCUT2D eigenvalue weighted by Crippen LogP contribution is -2.30. The summed E-state index contributed by atoms with van der Waals surface area (Å²) in [6.45, 7) is 2.21. The Morgan fingerprint density at radius 2 is 1.80 bits per heavy atom. The highest BCUT2D eigenvalue weighted by atomic mass is 32.1. The number of anilines is 2. The van der Waals surface area contributed by atoms with Crippen LogP contribution in [0.25, 0.3) is 0 Å². The number of nitrogens with one attached hydrogen (secondary N) is 3. The summed E-state index contributed by atoms with van der Waals surface area (Å²) in [4.78, 5) is 35.2. The number of hydrogen-bond donors (Lipinski definition) is 3. The van der Waals surface area contributed by atoms with Crippen molar-refractivity contribution in [2.24, 2.45) is 0 Å². The highest BCUT2D eigenvalue weighted by Gasteiger charge is 2.23. The van der Waals surface area contributed by atoms with Gasteiger partial charge in [0, 0.05) is 41.5 Å². The SMILES string of the molecule is Cc1csc(=O)n1CCC(=O)Nc1ccc(NC(=O)NC2CC2)cc1. The first-order valence-corrected chi connectivity index (χ1v) is 9.01. The van der Waals surface area contributed by atoms with E-state index in [0.29, 0.717) is 24.0 Å². The van der Waals surface area contributed by atoms with Gasteiger partial charge in [0.25, 0.3) is 0 Å². The second-order valence-electron chi connectivity index (χ2n) is 6.04. The number of aromatic nitrogens is 1. The van der Waals surface area contributed by atoms with E-state index in [1.807, 2.05) is 6.92 Å². The fraction of sp³-hybridized carbons (Fsp3) is 0.353.